The number of benzene rings is 1. The smallest absolute Gasteiger partial charge is 0.324 e. The number of hydrogen-bond acceptors (Lipinski definition) is 1. The molecule has 1 atom stereocenters. The molecule has 1 aromatic rings. The quantitative estimate of drug-likeness (QED) is 0.840. The second-order valence-corrected chi connectivity index (χ2v) is 5.05. The van der Waals surface area contributed by atoms with Gasteiger partial charge in [-0.05, 0) is 36.5 Å². The highest BCUT2D eigenvalue weighted by Gasteiger charge is 2.31. The molecule has 2 N–H and O–H groups in total. The summed E-state index contributed by atoms with van der Waals surface area (Å²) in [4.78, 5) is 0. The third-order valence-electron chi connectivity index (χ3n) is 3.76. The minimum absolute atomic E-state index is 0.271. The maximum Gasteiger partial charge on any atom is 0.416 e. The zero-order chi connectivity index (χ0) is 13.2. The highest BCUT2D eigenvalue weighted by Crippen LogP contribution is 2.35. The van der Waals surface area contributed by atoms with Gasteiger partial charge in [-0.3, -0.25) is 0 Å². The molecule has 1 aromatic carbocycles. The first-order chi connectivity index (χ1) is 8.48. The van der Waals surface area contributed by atoms with E-state index < -0.39 is 11.7 Å². The van der Waals surface area contributed by atoms with Crippen LogP contribution < -0.4 is 5.73 Å². The standard InChI is InChI=1S/C14H18F3N/c15-14(16,17)12-8-4-7-11(9-12)13(18)10-5-2-1-3-6-10/h4,7-10,13H,1-3,5-6,18H2/t13-/m0/s1. The van der Waals surface area contributed by atoms with Crippen LogP contribution in [0.2, 0.25) is 0 Å². The first-order valence-electron chi connectivity index (χ1n) is 6.41. The van der Waals surface area contributed by atoms with Crippen LogP contribution >= 0.6 is 0 Å². The highest BCUT2D eigenvalue weighted by atomic mass is 19.4. The van der Waals surface area contributed by atoms with Crippen LogP contribution in [0.25, 0.3) is 0 Å². The molecule has 1 nitrogen and oxygen atoms in total. The molecule has 1 aliphatic rings. The fraction of sp³-hybridized carbons (Fsp3) is 0.571. The zero-order valence-corrected chi connectivity index (χ0v) is 10.2. The van der Waals surface area contributed by atoms with E-state index in [-0.39, 0.29) is 6.04 Å². The number of rotatable bonds is 2. The van der Waals surface area contributed by atoms with Gasteiger partial charge in [-0.1, -0.05) is 31.4 Å². The Kier molecular flexibility index (Phi) is 3.95. The summed E-state index contributed by atoms with van der Waals surface area (Å²) >= 11 is 0. The molecule has 0 aromatic heterocycles. The normalized spacial score (nSPS) is 19.8. The van der Waals surface area contributed by atoms with Gasteiger partial charge in [-0.2, -0.15) is 13.2 Å². The molecule has 0 saturated heterocycles. The first-order valence-corrected chi connectivity index (χ1v) is 6.41. The van der Waals surface area contributed by atoms with E-state index in [1.165, 1.54) is 18.6 Å². The van der Waals surface area contributed by atoms with Crippen LogP contribution in [-0.4, -0.2) is 0 Å². The van der Waals surface area contributed by atoms with Crippen LogP contribution in [0.3, 0.4) is 0 Å². The number of hydrogen-bond donors (Lipinski definition) is 1. The Bertz CT molecular complexity index is 394. The molecule has 100 valence electrons. The molecular weight excluding hydrogens is 239 g/mol. The minimum atomic E-state index is -4.29. The lowest BCUT2D eigenvalue weighted by Crippen LogP contribution is -2.24. The van der Waals surface area contributed by atoms with Crippen LogP contribution in [0.1, 0.15) is 49.3 Å². The van der Waals surface area contributed by atoms with E-state index in [0.29, 0.717) is 11.5 Å². The van der Waals surface area contributed by atoms with Crippen molar-refractivity contribution in [3.8, 4) is 0 Å². The third-order valence-corrected chi connectivity index (χ3v) is 3.76. The SMILES string of the molecule is N[C@H](c1cccc(C(F)(F)F)c1)C1CCCCC1. The van der Waals surface area contributed by atoms with Gasteiger partial charge in [0.25, 0.3) is 0 Å². The van der Waals surface area contributed by atoms with E-state index in [9.17, 15) is 13.2 Å². The molecule has 18 heavy (non-hydrogen) atoms. The van der Waals surface area contributed by atoms with Crippen LogP contribution in [0, 0.1) is 5.92 Å². The lowest BCUT2D eigenvalue weighted by Gasteiger charge is -2.28. The Morgan fingerprint density at radius 1 is 1.11 bits per heavy atom. The summed E-state index contributed by atoms with van der Waals surface area (Å²) in [6.45, 7) is 0. The molecule has 0 bridgehead atoms. The fourth-order valence-electron chi connectivity index (χ4n) is 2.69. The van der Waals surface area contributed by atoms with E-state index in [1.54, 1.807) is 6.07 Å². The Morgan fingerprint density at radius 2 is 1.78 bits per heavy atom. The number of nitrogens with two attached hydrogens (primary N) is 1. The Hall–Kier alpha value is -1.03. The second-order valence-electron chi connectivity index (χ2n) is 5.05. The molecule has 0 aliphatic heterocycles. The Balaban J connectivity index is 2.17. The molecule has 2 rings (SSSR count). The summed E-state index contributed by atoms with van der Waals surface area (Å²) in [6, 6.07) is 5.17. The molecule has 0 unspecified atom stereocenters. The van der Waals surface area contributed by atoms with E-state index in [2.05, 4.69) is 0 Å². The van der Waals surface area contributed by atoms with Gasteiger partial charge >= 0.3 is 6.18 Å². The fourth-order valence-corrected chi connectivity index (χ4v) is 2.69. The first kappa shape index (κ1) is 13.4. The molecule has 1 fully saturated rings. The maximum absolute atomic E-state index is 12.6. The van der Waals surface area contributed by atoms with E-state index in [1.807, 2.05) is 0 Å². The van der Waals surface area contributed by atoms with Crippen LogP contribution in [-0.2, 0) is 6.18 Å². The monoisotopic (exact) mass is 257 g/mol. The van der Waals surface area contributed by atoms with Gasteiger partial charge in [-0.15, -0.1) is 0 Å². The lowest BCUT2D eigenvalue weighted by molar-refractivity contribution is -0.137. The molecule has 0 radical (unpaired) electrons. The summed E-state index contributed by atoms with van der Waals surface area (Å²) < 4.78 is 37.9. The largest absolute Gasteiger partial charge is 0.416 e. The highest BCUT2D eigenvalue weighted by molar-refractivity contribution is 5.28. The average molecular weight is 257 g/mol. The Labute approximate surface area is 105 Å². The average Bonchev–Trinajstić information content (AvgIpc) is 2.38. The van der Waals surface area contributed by atoms with Gasteiger partial charge in [0.05, 0.1) is 5.56 Å². The lowest BCUT2D eigenvalue weighted by atomic mass is 9.81. The van der Waals surface area contributed by atoms with Crippen LogP contribution in [0.5, 0.6) is 0 Å². The number of alkyl halides is 3. The van der Waals surface area contributed by atoms with Gasteiger partial charge in [0.2, 0.25) is 0 Å². The van der Waals surface area contributed by atoms with E-state index in [0.717, 1.165) is 31.7 Å². The summed E-state index contributed by atoms with van der Waals surface area (Å²) in [6.07, 6.45) is 1.25. The third kappa shape index (κ3) is 3.05. The van der Waals surface area contributed by atoms with Crippen molar-refractivity contribution in [1.82, 2.24) is 0 Å². The van der Waals surface area contributed by atoms with Crippen molar-refractivity contribution in [2.24, 2.45) is 11.7 Å². The molecule has 0 spiro atoms. The molecule has 0 heterocycles. The summed E-state index contributed by atoms with van der Waals surface area (Å²) in [5.41, 5.74) is 6.12. The van der Waals surface area contributed by atoms with Crippen molar-refractivity contribution in [3.05, 3.63) is 35.4 Å². The molecule has 4 heteroatoms. The maximum atomic E-state index is 12.6. The minimum Gasteiger partial charge on any atom is -0.324 e. The molecule has 0 amide bonds. The molecule has 1 aliphatic carbocycles. The number of halogens is 3. The van der Waals surface area contributed by atoms with Gasteiger partial charge in [0.1, 0.15) is 0 Å². The van der Waals surface area contributed by atoms with Gasteiger partial charge in [0.15, 0.2) is 0 Å². The van der Waals surface area contributed by atoms with Gasteiger partial charge in [-0.25, -0.2) is 0 Å². The van der Waals surface area contributed by atoms with Crippen LogP contribution in [0.4, 0.5) is 13.2 Å². The summed E-state index contributed by atoms with van der Waals surface area (Å²) in [5, 5.41) is 0. The van der Waals surface area contributed by atoms with Crippen molar-refractivity contribution >= 4 is 0 Å². The zero-order valence-electron chi connectivity index (χ0n) is 10.2. The summed E-state index contributed by atoms with van der Waals surface area (Å²) in [5.74, 6) is 0.322. The molecule has 1 saturated carbocycles. The van der Waals surface area contributed by atoms with Crippen molar-refractivity contribution in [1.29, 1.82) is 0 Å². The van der Waals surface area contributed by atoms with Gasteiger partial charge in [0, 0.05) is 6.04 Å². The summed E-state index contributed by atoms with van der Waals surface area (Å²) in [7, 11) is 0. The van der Waals surface area contributed by atoms with Crippen LogP contribution in [0.15, 0.2) is 24.3 Å². The van der Waals surface area contributed by atoms with Crippen molar-refractivity contribution in [2.45, 2.75) is 44.3 Å². The Morgan fingerprint density at radius 3 is 2.39 bits per heavy atom. The molecular formula is C14H18F3N. The predicted molar refractivity (Wildman–Crippen MR) is 64.9 cm³/mol. The van der Waals surface area contributed by atoms with Crippen molar-refractivity contribution < 1.29 is 13.2 Å². The topological polar surface area (TPSA) is 26.0 Å². The predicted octanol–water partition coefficient (Wildman–Crippen LogP) is 4.29. The van der Waals surface area contributed by atoms with Crippen molar-refractivity contribution in [2.75, 3.05) is 0 Å². The van der Waals surface area contributed by atoms with E-state index in [4.69, 9.17) is 5.73 Å². The second kappa shape index (κ2) is 5.31. The van der Waals surface area contributed by atoms with Crippen molar-refractivity contribution in [3.63, 3.8) is 0 Å². The van der Waals surface area contributed by atoms with E-state index >= 15 is 0 Å². The van der Waals surface area contributed by atoms with Gasteiger partial charge < -0.3 is 5.73 Å².